The molecule has 1 aliphatic rings. The summed E-state index contributed by atoms with van der Waals surface area (Å²) < 4.78 is 24.6. The van der Waals surface area contributed by atoms with E-state index in [-0.39, 0.29) is 11.3 Å². The molecule has 2 aromatic carbocycles. The average molecular weight is 272 g/mol. The van der Waals surface area contributed by atoms with E-state index in [1.807, 2.05) is 6.07 Å². The summed E-state index contributed by atoms with van der Waals surface area (Å²) in [5.41, 5.74) is 1.30. The van der Waals surface area contributed by atoms with Gasteiger partial charge in [-0.25, -0.2) is 4.39 Å². The number of hydrogen-bond acceptors (Lipinski definition) is 3. The molecular weight excluding hydrogens is 259 g/mol. The van der Waals surface area contributed by atoms with Gasteiger partial charge in [-0.15, -0.1) is 0 Å². The third-order valence-corrected chi connectivity index (χ3v) is 3.38. The Hall–Kier alpha value is -2.36. The fraction of sp³-hybridized carbons (Fsp3) is 0.188. The van der Waals surface area contributed by atoms with Crippen LogP contribution >= 0.6 is 0 Å². The molecule has 0 aromatic heterocycles. The van der Waals surface area contributed by atoms with E-state index in [0.29, 0.717) is 17.9 Å². The highest BCUT2D eigenvalue weighted by Gasteiger charge is 2.25. The summed E-state index contributed by atoms with van der Waals surface area (Å²) in [5, 5.41) is 0. The zero-order chi connectivity index (χ0) is 14.1. The van der Waals surface area contributed by atoms with Crippen molar-refractivity contribution in [3.63, 3.8) is 0 Å². The molecule has 0 saturated carbocycles. The molecule has 0 fully saturated rings. The summed E-state index contributed by atoms with van der Waals surface area (Å²) >= 11 is 0. The Labute approximate surface area is 115 Å². The maximum Gasteiger partial charge on any atom is 0.203 e. The minimum atomic E-state index is -0.593. The largest absolute Gasteiger partial charge is 0.496 e. The third kappa shape index (κ3) is 1.93. The van der Waals surface area contributed by atoms with Gasteiger partial charge < -0.3 is 9.47 Å². The summed E-state index contributed by atoms with van der Waals surface area (Å²) in [4.78, 5) is 12.6. The van der Waals surface area contributed by atoms with Gasteiger partial charge in [0.05, 0.1) is 19.3 Å². The summed E-state index contributed by atoms with van der Waals surface area (Å²) in [6.07, 6.45) is 0.769. The average Bonchev–Trinajstić information content (AvgIpc) is 2.94. The maximum atomic E-state index is 14.0. The van der Waals surface area contributed by atoms with Crippen molar-refractivity contribution in [3.05, 3.63) is 58.9 Å². The van der Waals surface area contributed by atoms with Crippen molar-refractivity contribution in [2.75, 3.05) is 13.7 Å². The molecule has 1 aliphatic heterocycles. The van der Waals surface area contributed by atoms with Crippen LogP contribution in [0.25, 0.3) is 0 Å². The molecule has 1 heterocycles. The first-order valence-electron chi connectivity index (χ1n) is 6.34. The number of hydrogen-bond donors (Lipinski definition) is 0. The van der Waals surface area contributed by atoms with Gasteiger partial charge in [0, 0.05) is 6.42 Å². The molecule has 0 N–H and O–H groups in total. The van der Waals surface area contributed by atoms with Crippen LogP contribution in [0, 0.1) is 5.82 Å². The first-order chi connectivity index (χ1) is 9.72. The molecule has 3 rings (SSSR count). The van der Waals surface area contributed by atoms with Gasteiger partial charge in [0.15, 0.2) is 0 Å². The van der Waals surface area contributed by atoms with Crippen LogP contribution in [0.4, 0.5) is 4.39 Å². The fourth-order valence-electron chi connectivity index (χ4n) is 2.42. The van der Waals surface area contributed by atoms with E-state index in [1.165, 1.54) is 19.2 Å². The Morgan fingerprint density at radius 2 is 2.05 bits per heavy atom. The summed E-state index contributed by atoms with van der Waals surface area (Å²) in [5.74, 6) is -0.225. The van der Waals surface area contributed by atoms with Gasteiger partial charge in [-0.2, -0.15) is 0 Å². The molecule has 0 bridgehead atoms. The standard InChI is InChI=1S/C16H13FO3/c1-19-13-7-3-6-12(17)14(13)15(18)11-5-2-4-10-8-9-20-16(10)11/h2-7H,8-9H2,1H3. The van der Waals surface area contributed by atoms with Crippen molar-refractivity contribution < 1.29 is 18.7 Å². The summed E-state index contributed by atoms with van der Waals surface area (Å²) in [6.45, 7) is 0.550. The number of para-hydroxylation sites is 1. The Balaban J connectivity index is 2.13. The number of benzene rings is 2. The van der Waals surface area contributed by atoms with E-state index in [4.69, 9.17) is 9.47 Å². The predicted octanol–water partition coefficient (Wildman–Crippen LogP) is 3.00. The van der Waals surface area contributed by atoms with E-state index in [1.54, 1.807) is 18.2 Å². The first-order valence-corrected chi connectivity index (χ1v) is 6.34. The number of rotatable bonds is 3. The summed E-state index contributed by atoms with van der Waals surface area (Å²) in [7, 11) is 1.41. The normalized spacial score (nSPS) is 12.7. The number of carbonyl (C=O) groups is 1. The Kier molecular flexibility index (Phi) is 3.14. The lowest BCUT2D eigenvalue weighted by Gasteiger charge is -2.11. The summed E-state index contributed by atoms with van der Waals surface area (Å²) in [6, 6.07) is 9.68. The van der Waals surface area contributed by atoms with Gasteiger partial charge in [-0.3, -0.25) is 4.79 Å². The lowest BCUT2D eigenvalue weighted by atomic mass is 9.98. The van der Waals surface area contributed by atoms with Crippen LogP contribution in [0.1, 0.15) is 21.5 Å². The molecular formula is C16H13FO3. The van der Waals surface area contributed by atoms with E-state index in [0.717, 1.165) is 12.0 Å². The SMILES string of the molecule is COc1cccc(F)c1C(=O)c1cccc2c1OCC2. The molecule has 4 heteroatoms. The zero-order valence-electron chi connectivity index (χ0n) is 11.0. The van der Waals surface area contributed by atoms with Crippen molar-refractivity contribution in [3.8, 4) is 11.5 Å². The zero-order valence-corrected chi connectivity index (χ0v) is 11.0. The molecule has 0 radical (unpaired) electrons. The molecule has 0 aliphatic carbocycles. The van der Waals surface area contributed by atoms with Crippen LogP contribution < -0.4 is 9.47 Å². The number of carbonyl (C=O) groups excluding carboxylic acids is 1. The van der Waals surface area contributed by atoms with Crippen LogP contribution in [0.2, 0.25) is 0 Å². The van der Waals surface area contributed by atoms with Gasteiger partial charge in [0.1, 0.15) is 22.9 Å². The molecule has 0 amide bonds. The molecule has 3 nitrogen and oxygen atoms in total. The van der Waals surface area contributed by atoms with Crippen molar-refractivity contribution >= 4 is 5.78 Å². The molecule has 20 heavy (non-hydrogen) atoms. The van der Waals surface area contributed by atoms with E-state index < -0.39 is 11.6 Å². The van der Waals surface area contributed by atoms with Crippen LogP contribution in [0.5, 0.6) is 11.5 Å². The van der Waals surface area contributed by atoms with Crippen LogP contribution in [-0.4, -0.2) is 19.5 Å². The van der Waals surface area contributed by atoms with Gasteiger partial charge in [-0.05, 0) is 23.8 Å². The van der Waals surface area contributed by atoms with Crippen molar-refractivity contribution in [1.82, 2.24) is 0 Å². The number of ether oxygens (including phenoxy) is 2. The third-order valence-electron chi connectivity index (χ3n) is 3.38. The molecule has 102 valence electrons. The van der Waals surface area contributed by atoms with Crippen LogP contribution in [0.3, 0.4) is 0 Å². The highest BCUT2D eigenvalue weighted by Crippen LogP contribution is 2.33. The van der Waals surface area contributed by atoms with Crippen LogP contribution in [-0.2, 0) is 6.42 Å². The topological polar surface area (TPSA) is 35.5 Å². The second kappa shape index (κ2) is 4.96. The molecule has 2 aromatic rings. The van der Waals surface area contributed by atoms with Crippen molar-refractivity contribution in [2.45, 2.75) is 6.42 Å². The smallest absolute Gasteiger partial charge is 0.203 e. The van der Waals surface area contributed by atoms with Gasteiger partial charge in [0.25, 0.3) is 0 Å². The lowest BCUT2D eigenvalue weighted by molar-refractivity contribution is 0.102. The Morgan fingerprint density at radius 1 is 1.25 bits per heavy atom. The first kappa shape index (κ1) is 12.7. The number of methoxy groups -OCH3 is 1. The predicted molar refractivity (Wildman–Crippen MR) is 72.0 cm³/mol. The molecule has 0 unspecified atom stereocenters. The second-order valence-corrected chi connectivity index (χ2v) is 4.54. The van der Waals surface area contributed by atoms with E-state index in [2.05, 4.69) is 0 Å². The molecule has 0 atom stereocenters. The van der Waals surface area contributed by atoms with Gasteiger partial charge >= 0.3 is 0 Å². The van der Waals surface area contributed by atoms with E-state index in [9.17, 15) is 9.18 Å². The maximum absolute atomic E-state index is 14.0. The van der Waals surface area contributed by atoms with E-state index >= 15 is 0 Å². The highest BCUT2D eigenvalue weighted by atomic mass is 19.1. The van der Waals surface area contributed by atoms with Gasteiger partial charge in [0.2, 0.25) is 5.78 Å². The molecule has 0 spiro atoms. The minimum Gasteiger partial charge on any atom is -0.496 e. The minimum absolute atomic E-state index is 0.0566. The monoisotopic (exact) mass is 272 g/mol. The molecule has 0 saturated heterocycles. The Bertz CT molecular complexity index is 679. The highest BCUT2D eigenvalue weighted by molar-refractivity contribution is 6.12. The number of ketones is 1. The lowest BCUT2D eigenvalue weighted by Crippen LogP contribution is -2.08. The number of fused-ring (bicyclic) bond motifs is 1. The second-order valence-electron chi connectivity index (χ2n) is 4.54. The Morgan fingerprint density at radius 3 is 2.85 bits per heavy atom. The van der Waals surface area contributed by atoms with Crippen LogP contribution in [0.15, 0.2) is 36.4 Å². The quantitative estimate of drug-likeness (QED) is 0.806. The van der Waals surface area contributed by atoms with Crippen molar-refractivity contribution in [2.24, 2.45) is 0 Å². The fourth-order valence-corrected chi connectivity index (χ4v) is 2.42. The number of halogens is 1. The van der Waals surface area contributed by atoms with Gasteiger partial charge in [-0.1, -0.05) is 18.2 Å². The van der Waals surface area contributed by atoms with Crippen molar-refractivity contribution in [1.29, 1.82) is 0 Å².